The predicted octanol–water partition coefficient (Wildman–Crippen LogP) is 3.82. The molecule has 0 aromatic heterocycles. The molecule has 0 fully saturated rings. The molecule has 2 N–H and O–H groups in total. The molecule has 0 saturated carbocycles. The molecule has 2 aromatic carbocycles. The molecule has 1 unspecified atom stereocenters. The Morgan fingerprint density at radius 3 is 2.39 bits per heavy atom. The summed E-state index contributed by atoms with van der Waals surface area (Å²) in [6.07, 6.45) is 0.285. The fraction of sp³-hybridized carbons (Fsp3) is 0.200. The molecule has 1 atom stereocenters. The van der Waals surface area contributed by atoms with E-state index in [0.717, 1.165) is 10.0 Å². The summed E-state index contributed by atoms with van der Waals surface area (Å²) in [6.45, 7) is -0.0243. The van der Waals surface area contributed by atoms with Gasteiger partial charge in [0.15, 0.2) is 5.67 Å². The molecule has 1 nitrogen and oxygen atoms in total. The van der Waals surface area contributed by atoms with Crippen LogP contribution in [0.15, 0.2) is 59.1 Å². The Balaban J connectivity index is 2.29. The zero-order valence-electron chi connectivity index (χ0n) is 9.94. The van der Waals surface area contributed by atoms with Crippen molar-refractivity contribution >= 4 is 15.9 Å². The highest BCUT2D eigenvalue weighted by atomic mass is 79.9. The van der Waals surface area contributed by atoms with Crippen molar-refractivity contribution in [2.24, 2.45) is 5.73 Å². The molecule has 0 amide bonds. The first-order valence-electron chi connectivity index (χ1n) is 5.83. The summed E-state index contributed by atoms with van der Waals surface area (Å²) in [5.41, 5.74) is 5.69. The molecule has 0 heterocycles. The van der Waals surface area contributed by atoms with E-state index in [1.165, 1.54) is 0 Å². The van der Waals surface area contributed by atoms with E-state index in [0.29, 0.717) is 5.56 Å². The Labute approximate surface area is 115 Å². The Morgan fingerprint density at radius 1 is 1.06 bits per heavy atom. The number of benzene rings is 2. The van der Waals surface area contributed by atoms with Gasteiger partial charge in [0, 0.05) is 17.4 Å². The number of nitrogens with two attached hydrogens (primary N) is 1. The summed E-state index contributed by atoms with van der Waals surface area (Å²) in [4.78, 5) is 0. The monoisotopic (exact) mass is 307 g/mol. The fourth-order valence-corrected chi connectivity index (χ4v) is 2.45. The molecule has 3 heteroatoms. The molecule has 2 rings (SSSR count). The van der Waals surface area contributed by atoms with Crippen molar-refractivity contribution in [1.29, 1.82) is 0 Å². The van der Waals surface area contributed by atoms with E-state index in [1.807, 2.05) is 42.5 Å². The summed E-state index contributed by atoms with van der Waals surface area (Å²) in [7, 11) is 0. The van der Waals surface area contributed by atoms with Gasteiger partial charge in [0.1, 0.15) is 0 Å². The van der Waals surface area contributed by atoms with Crippen molar-refractivity contribution in [2.45, 2.75) is 12.1 Å². The Bertz CT molecular complexity index is 515. The highest BCUT2D eigenvalue weighted by molar-refractivity contribution is 9.10. The summed E-state index contributed by atoms with van der Waals surface area (Å²) < 4.78 is 15.9. The number of halogens is 2. The van der Waals surface area contributed by atoms with Crippen LogP contribution in [0, 0.1) is 0 Å². The largest absolute Gasteiger partial charge is 0.327 e. The summed E-state index contributed by atoms with van der Waals surface area (Å²) >= 11 is 3.39. The smallest absolute Gasteiger partial charge is 0.152 e. The van der Waals surface area contributed by atoms with Gasteiger partial charge in [-0.3, -0.25) is 0 Å². The Kier molecular flexibility index (Phi) is 4.15. The summed E-state index contributed by atoms with van der Waals surface area (Å²) in [5.74, 6) is 0. The molecule has 94 valence electrons. The van der Waals surface area contributed by atoms with Crippen LogP contribution in [0.3, 0.4) is 0 Å². The van der Waals surface area contributed by atoms with Gasteiger partial charge in [0.05, 0.1) is 0 Å². The van der Waals surface area contributed by atoms with Crippen molar-refractivity contribution in [3.8, 4) is 0 Å². The van der Waals surface area contributed by atoms with Crippen LogP contribution in [-0.2, 0) is 12.1 Å². The van der Waals surface area contributed by atoms with Gasteiger partial charge in [-0.15, -0.1) is 0 Å². The maximum absolute atomic E-state index is 14.9. The Hall–Kier alpha value is -1.19. The van der Waals surface area contributed by atoms with E-state index in [-0.39, 0.29) is 13.0 Å². The molecule has 0 spiro atoms. The minimum atomic E-state index is -1.51. The summed E-state index contributed by atoms with van der Waals surface area (Å²) in [5, 5.41) is 0. The van der Waals surface area contributed by atoms with Crippen molar-refractivity contribution in [3.05, 3.63) is 70.2 Å². The zero-order chi connectivity index (χ0) is 13.0. The highest BCUT2D eigenvalue weighted by Gasteiger charge is 2.30. The van der Waals surface area contributed by atoms with Gasteiger partial charge in [0.25, 0.3) is 0 Å². The third-order valence-corrected chi connectivity index (χ3v) is 3.48. The van der Waals surface area contributed by atoms with Crippen LogP contribution in [0.4, 0.5) is 4.39 Å². The van der Waals surface area contributed by atoms with E-state index >= 15 is 0 Å². The van der Waals surface area contributed by atoms with Crippen LogP contribution in [0.2, 0.25) is 0 Å². The second-order valence-corrected chi connectivity index (χ2v) is 5.26. The van der Waals surface area contributed by atoms with Crippen LogP contribution >= 0.6 is 15.9 Å². The van der Waals surface area contributed by atoms with E-state index in [2.05, 4.69) is 15.9 Å². The lowest BCUT2D eigenvalue weighted by molar-refractivity contribution is 0.175. The lowest BCUT2D eigenvalue weighted by Crippen LogP contribution is -2.32. The van der Waals surface area contributed by atoms with Crippen LogP contribution in [-0.4, -0.2) is 6.54 Å². The highest BCUT2D eigenvalue weighted by Crippen LogP contribution is 2.29. The lowest BCUT2D eigenvalue weighted by Gasteiger charge is -2.24. The molecule has 0 aliphatic carbocycles. The fourth-order valence-electron chi connectivity index (χ4n) is 2.00. The first-order valence-corrected chi connectivity index (χ1v) is 6.62. The molecule has 0 saturated heterocycles. The normalized spacial score (nSPS) is 14.2. The predicted molar refractivity (Wildman–Crippen MR) is 76.1 cm³/mol. The molecule has 0 bridgehead atoms. The molecule has 0 aliphatic heterocycles. The number of hydrogen-bond acceptors (Lipinski definition) is 1. The molecular weight excluding hydrogens is 293 g/mol. The topological polar surface area (TPSA) is 26.0 Å². The van der Waals surface area contributed by atoms with Gasteiger partial charge >= 0.3 is 0 Å². The standard InChI is InChI=1S/C15H15BrFN/c16-14-8-4-5-12(9-14)10-15(17,11-18)13-6-2-1-3-7-13/h1-9H,10-11,18H2. The molecule has 2 aromatic rings. The molecular formula is C15H15BrFN. The van der Waals surface area contributed by atoms with Crippen LogP contribution in [0.1, 0.15) is 11.1 Å². The van der Waals surface area contributed by atoms with E-state index in [1.54, 1.807) is 12.1 Å². The maximum atomic E-state index is 14.9. The Morgan fingerprint density at radius 2 is 1.78 bits per heavy atom. The van der Waals surface area contributed by atoms with Gasteiger partial charge in [-0.05, 0) is 23.3 Å². The minimum absolute atomic E-state index is 0.0243. The van der Waals surface area contributed by atoms with Crippen molar-refractivity contribution in [3.63, 3.8) is 0 Å². The average Bonchev–Trinajstić information content (AvgIpc) is 2.39. The third-order valence-electron chi connectivity index (χ3n) is 2.99. The second kappa shape index (κ2) is 5.63. The second-order valence-electron chi connectivity index (χ2n) is 4.34. The van der Waals surface area contributed by atoms with E-state index in [4.69, 9.17) is 5.73 Å². The minimum Gasteiger partial charge on any atom is -0.327 e. The quantitative estimate of drug-likeness (QED) is 0.913. The number of rotatable bonds is 4. The first kappa shape index (κ1) is 13.2. The molecule has 0 radical (unpaired) electrons. The van der Waals surface area contributed by atoms with Gasteiger partial charge in [-0.1, -0.05) is 58.4 Å². The lowest BCUT2D eigenvalue weighted by atomic mass is 9.89. The van der Waals surface area contributed by atoms with Crippen LogP contribution in [0.5, 0.6) is 0 Å². The van der Waals surface area contributed by atoms with Crippen LogP contribution in [0.25, 0.3) is 0 Å². The molecule has 0 aliphatic rings. The molecule has 18 heavy (non-hydrogen) atoms. The average molecular weight is 308 g/mol. The maximum Gasteiger partial charge on any atom is 0.152 e. The van der Waals surface area contributed by atoms with Crippen LogP contribution < -0.4 is 5.73 Å². The van der Waals surface area contributed by atoms with Crippen molar-refractivity contribution in [1.82, 2.24) is 0 Å². The van der Waals surface area contributed by atoms with E-state index in [9.17, 15) is 4.39 Å². The van der Waals surface area contributed by atoms with Gasteiger partial charge in [-0.25, -0.2) is 4.39 Å². The van der Waals surface area contributed by atoms with Crippen molar-refractivity contribution in [2.75, 3.05) is 6.54 Å². The summed E-state index contributed by atoms with van der Waals surface area (Å²) in [6, 6.07) is 16.8. The number of hydrogen-bond donors (Lipinski definition) is 1. The van der Waals surface area contributed by atoms with E-state index < -0.39 is 5.67 Å². The van der Waals surface area contributed by atoms with Crippen molar-refractivity contribution < 1.29 is 4.39 Å². The first-order chi connectivity index (χ1) is 8.64. The van der Waals surface area contributed by atoms with Gasteiger partial charge in [-0.2, -0.15) is 0 Å². The van der Waals surface area contributed by atoms with Gasteiger partial charge < -0.3 is 5.73 Å². The van der Waals surface area contributed by atoms with Gasteiger partial charge in [0.2, 0.25) is 0 Å². The zero-order valence-corrected chi connectivity index (χ0v) is 11.5. The third kappa shape index (κ3) is 2.98. The SMILES string of the molecule is NCC(F)(Cc1cccc(Br)c1)c1ccccc1. The number of alkyl halides is 1.